The maximum absolute atomic E-state index is 12.2. The smallest absolute Gasteiger partial charge is 0.228 e. The van der Waals surface area contributed by atoms with Crippen LogP contribution in [0.4, 0.5) is 0 Å². The lowest BCUT2D eigenvalue weighted by molar-refractivity contribution is -0.141. The summed E-state index contributed by atoms with van der Waals surface area (Å²) in [5, 5.41) is 0.782. The van der Waals surface area contributed by atoms with E-state index in [4.69, 9.17) is 11.6 Å². The number of rotatable bonds is 2. The monoisotopic (exact) mass is 294 g/mol. The Balaban J connectivity index is 1.87. The van der Waals surface area contributed by atoms with Gasteiger partial charge in [-0.25, -0.2) is 0 Å². The standard InChI is InChI=1S/C16H23ClN2O/c1-16(2,3)15(20)19-9-7-18(8-10-19)12-13-5-4-6-14(17)11-13/h4-6,11H,7-10,12H2,1-3H3. The van der Waals surface area contributed by atoms with Crippen molar-refractivity contribution in [1.29, 1.82) is 0 Å². The zero-order chi connectivity index (χ0) is 14.8. The fourth-order valence-corrected chi connectivity index (χ4v) is 2.69. The fraction of sp³-hybridized carbons (Fsp3) is 0.562. The highest BCUT2D eigenvalue weighted by Crippen LogP contribution is 2.19. The molecule has 0 saturated carbocycles. The van der Waals surface area contributed by atoms with E-state index in [0.29, 0.717) is 0 Å². The van der Waals surface area contributed by atoms with Gasteiger partial charge in [-0.05, 0) is 17.7 Å². The molecule has 1 amide bonds. The van der Waals surface area contributed by atoms with Crippen LogP contribution < -0.4 is 0 Å². The van der Waals surface area contributed by atoms with Crippen molar-refractivity contribution in [2.75, 3.05) is 26.2 Å². The van der Waals surface area contributed by atoms with E-state index >= 15 is 0 Å². The average Bonchev–Trinajstić information content (AvgIpc) is 2.38. The van der Waals surface area contributed by atoms with Gasteiger partial charge in [-0.15, -0.1) is 0 Å². The van der Waals surface area contributed by atoms with Crippen molar-refractivity contribution in [2.24, 2.45) is 5.41 Å². The zero-order valence-corrected chi connectivity index (χ0v) is 13.3. The summed E-state index contributed by atoms with van der Waals surface area (Å²) >= 11 is 6.01. The second kappa shape index (κ2) is 6.15. The van der Waals surface area contributed by atoms with E-state index in [1.807, 2.05) is 43.9 Å². The summed E-state index contributed by atoms with van der Waals surface area (Å²) < 4.78 is 0. The highest BCUT2D eigenvalue weighted by Gasteiger charge is 2.29. The Kier molecular flexibility index (Phi) is 4.71. The molecule has 2 rings (SSSR count). The van der Waals surface area contributed by atoms with Crippen molar-refractivity contribution in [3.63, 3.8) is 0 Å². The Morgan fingerprint density at radius 1 is 1.20 bits per heavy atom. The Morgan fingerprint density at radius 2 is 1.85 bits per heavy atom. The lowest BCUT2D eigenvalue weighted by Crippen LogP contribution is -2.51. The molecule has 3 nitrogen and oxygen atoms in total. The lowest BCUT2D eigenvalue weighted by Gasteiger charge is -2.37. The van der Waals surface area contributed by atoms with Crippen LogP contribution in [0.3, 0.4) is 0 Å². The number of carbonyl (C=O) groups is 1. The van der Waals surface area contributed by atoms with Gasteiger partial charge in [0.25, 0.3) is 0 Å². The van der Waals surface area contributed by atoms with Gasteiger partial charge in [0.05, 0.1) is 0 Å². The third kappa shape index (κ3) is 3.97. The molecule has 0 radical (unpaired) electrons. The summed E-state index contributed by atoms with van der Waals surface area (Å²) in [6.07, 6.45) is 0. The van der Waals surface area contributed by atoms with E-state index < -0.39 is 0 Å². The van der Waals surface area contributed by atoms with Gasteiger partial charge in [-0.2, -0.15) is 0 Å². The van der Waals surface area contributed by atoms with E-state index in [-0.39, 0.29) is 11.3 Å². The first-order valence-electron chi connectivity index (χ1n) is 7.12. The van der Waals surface area contributed by atoms with Crippen LogP contribution in [0.25, 0.3) is 0 Å². The molecule has 0 bridgehead atoms. The van der Waals surface area contributed by atoms with Crippen LogP contribution in [-0.2, 0) is 11.3 Å². The van der Waals surface area contributed by atoms with Crippen LogP contribution in [-0.4, -0.2) is 41.9 Å². The van der Waals surface area contributed by atoms with Crippen LogP contribution in [0.2, 0.25) is 5.02 Å². The molecule has 0 aromatic heterocycles. The molecule has 1 saturated heterocycles. The van der Waals surface area contributed by atoms with Crippen molar-refractivity contribution in [2.45, 2.75) is 27.3 Å². The normalized spacial score (nSPS) is 17.3. The summed E-state index contributed by atoms with van der Waals surface area (Å²) in [6.45, 7) is 10.3. The van der Waals surface area contributed by atoms with Crippen LogP contribution in [0.1, 0.15) is 26.3 Å². The van der Waals surface area contributed by atoms with Crippen molar-refractivity contribution < 1.29 is 4.79 Å². The zero-order valence-electron chi connectivity index (χ0n) is 12.5. The maximum atomic E-state index is 12.2. The quantitative estimate of drug-likeness (QED) is 0.837. The lowest BCUT2D eigenvalue weighted by atomic mass is 9.94. The Morgan fingerprint density at radius 3 is 2.40 bits per heavy atom. The predicted octanol–water partition coefficient (Wildman–Crippen LogP) is 3.03. The molecule has 0 spiro atoms. The largest absolute Gasteiger partial charge is 0.340 e. The van der Waals surface area contributed by atoms with Gasteiger partial charge in [0.1, 0.15) is 0 Å². The maximum Gasteiger partial charge on any atom is 0.228 e. The molecular formula is C16H23ClN2O. The van der Waals surface area contributed by atoms with Gasteiger partial charge in [0.15, 0.2) is 0 Å². The molecule has 0 aliphatic carbocycles. The number of nitrogens with zero attached hydrogens (tertiary/aromatic N) is 2. The molecule has 110 valence electrons. The number of amides is 1. The van der Waals surface area contributed by atoms with Crippen molar-refractivity contribution in [1.82, 2.24) is 9.80 Å². The molecular weight excluding hydrogens is 272 g/mol. The van der Waals surface area contributed by atoms with Crippen LogP contribution in [0, 0.1) is 5.41 Å². The van der Waals surface area contributed by atoms with Gasteiger partial charge in [-0.1, -0.05) is 44.5 Å². The molecule has 1 fully saturated rings. The van der Waals surface area contributed by atoms with E-state index in [1.165, 1.54) is 5.56 Å². The van der Waals surface area contributed by atoms with Crippen molar-refractivity contribution in [3.8, 4) is 0 Å². The number of benzene rings is 1. The molecule has 20 heavy (non-hydrogen) atoms. The SMILES string of the molecule is CC(C)(C)C(=O)N1CCN(Cc2cccc(Cl)c2)CC1. The summed E-state index contributed by atoms with van der Waals surface area (Å²) in [5.41, 5.74) is 0.947. The number of carbonyl (C=O) groups excluding carboxylic acids is 1. The minimum absolute atomic E-state index is 0.250. The van der Waals surface area contributed by atoms with Crippen LogP contribution in [0.15, 0.2) is 24.3 Å². The second-order valence-electron chi connectivity index (χ2n) is 6.45. The predicted molar refractivity (Wildman–Crippen MR) is 82.8 cm³/mol. The number of halogens is 1. The minimum Gasteiger partial charge on any atom is -0.340 e. The number of piperazine rings is 1. The Bertz CT molecular complexity index is 474. The van der Waals surface area contributed by atoms with Crippen LogP contribution in [0.5, 0.6) is 0 Å². The summed E-state index contributed by atoms with van der Waals surface area (Å²) in [6, 6.07) is 7.98. The van der Waals surface area contributed by atoms with E-state index in [2.05, 4.69) is 11.0 Å². The fourth-order valence-electron chi connectivity index (χ4n) is 2.48. The first kappa shape index (κ1) is 15.3. The summed E-state index contributed by atoms with van der Waals surface area (Å²) in [5.74, 6) is 0.250. The minimum atomic E-state index is -0.283. The Labute approximate surface area is 126 Å². The van der Waals surface area contributed by atoms with Gasteiger partial charge in [0, 0.05) is 43.2 Å². The van der Waals surface area contributed by atoms with Gasteiger partial charge >= 0.3 is 0 Å². The third-order valence-corrected chi connectivity index (χ3v) is 3.83. The molecule has 0 unspecified atom stereocenters. The number of hydrogen-bond donors (Lipinski definition) is 0. The molecule has 4 heteroatoms. The third-order valence-electron chi connectivity index (χ3n) is 3.60. The van der Waals surface area contributed by atoms with Gasteiger partial charge in [0.2, 0.25) is 5.91 Å². The molecule has 1 aromatic carbocycles. The van der Waals surface area contributed by atoms with E-state index in [9.17, 15) is 4.79 Å². The average molecular weight is 295 g/mol. The molecule has 1 heterocycles. The highest BCUT2D eigenvalue weighted by atomic mass is 35.5. The highest BCUT2D eigenvalue weighted by molar-refractivity contribution is 6.30. The second-order valence-corrected chi connectivity index (χ2v) is 6.88. The molecule has 0 atom stereocenters. The topological polar surface area (TPSA) is 23.6 Å². The molecule has 1 aliphatic heterocycles. The van der Waals surface area contributed by atoms with Gasteiger partial charge < -0.3 is 4.90 Å². The number of hydrogen-bond acceptors (Lipinski definition) is 2. The van der Waals surface area contributed by atoms with Gasteiger partial charge in [-0.3, -0.25) is 9.69 Å². The summed E-state index contributed by atoms with van der Waals surface area (Å²) in [7, 11) is 0. The first-order valence-corrected chi connectivity index (χ1v) is 7.50. The van der Waals surface area contributed by atoms with Crippen LogP contribution >= 0.6 is 11.6 Å². The summed E-state index contributed by atoms with van der Waals surface area (Å²) in [4.78, 5) is 16.6. The first-order chi connectivity index (χ1) is 9.36. The molecule has 0 N–H and O–H groups in total. The molecule has 1 aromatic rings. The van der Waals surface area contributed by atoms with Crippen molar-refractivity contribution in [3.05, 3.63) is 34.9 Å². The van der Waals surface area contributed by atoms with E-state index in [1.54, 1.807) is 0 Å². The van der Waals surface area contributed by atoms with E-state index in [0.717, 1.165) is 37.7 Å². The molecule has 1 aliphatic rings. The van der Waals surface area contributed by atoms with Crippen molar-refractivity contribution >= 4 is 17.5 Å². The Hall–Kier alpha value is -1.06.